The summed E-state index contributed by atoms with van der Waals surface area (Å²) in [7, 11) is -3.49. The lowest BCUT2D eigenvalue weighted by molar-refractivity contribution is -0.130. The Balaban J connectivity index is 1.36. The van der Waals surface area contributed by atoms with E-state index in [4.69, 9.17) is 0 Å². The van der Waals surface area contributed by atoms with Crippen molar-refractivity contribution < 1.29 is 13.2 Å². The molecule has 1 amide bonds. The average Bonchev–Trinajstić information content (AvgIpc) is 3.12. The third-order valence-electron chi connectivity index (χ3n) is 5.28. The van der Waals surface area contributed by atoms with Crippen molar-refractivity contribution in [2.24, 2.45) is 0 Å². The fourth-order valence-electron chi connectivity index (χ4n) is 3.75. The Labute approximate surface area is 160 Å². The summed E-state index contributed by atoms with van der Waals surface area (Å²) in [5.74, 6) is 0.0588. The number of hydrogen-bond acceptors (Lipinski definition) is 4. The van der Waals surface area contributed by atoms with Crippen LogP contribution in [0.5, 0.6) is 0 Å². The summed E-state index contributed by atoms with van der Waals surface area (Å²) in [5.41, 5.74) is 2.42. The molecular weight excluding hydrogens is 362 g/mol. The molecule has 2 aliphatic heterocycles. The fraction of sp³-hybridized carbons (Fsp3) is 0.350. The van der Waals surface area contributed by atoms with Gasteiger partial charge in [0.25, 0.3) is 0 Å². The number of amides is 1. The molecule has 2 aromatic rings. The third-order valence-corrected chi connectivity index (χ3v) is 7.19. The van der Waals surface area contributed by atoms with E-state index >= 15 is 0 Å². The first-order chi connectivity index (χ1) is 13.1. The Morgan fingerprint density at radius 1 is 0.852 bits per heavy atom. The Morgan fingerprint density at radius 3 is 2.26 bits per heavy atom. The molecule has 0 aliphatic carbocycles. The van der Waals surface area contributed by atoms with E-state index in [-0.39, 0.29) is 5.91 Å². The van der Waals surface area contributed by atoms with Gasteiger partial charge in [-0.15, -0.1) is 0 Å². The molecule has 0 aromatic heterocycles. The summed E-state index contributed by atoms with van der Waals surface area (Å²) in [5, 5.41) is 0. The van der Waals surface area contributed by atoms with Crippen LogP contribution in [0.25, 0.3) is 0 Å². The molecule has 0 bridgehead atoms. The summed E-state index contributed by atoms with van der Waals surface area (Å²) in [6, 6.07) is 16.6. The predicted molar refractivity (Wildman–Crippen MR) is 104 cm³/mol. The summed E-state index contributed by atoms with van der Waals surface area (Å²) in [6.45, 7) is 2.73. The highest BCUT2D eigenvalue weighted by Gasteiger charge is 2.31. The fourth-order valence-corrected chi connectivity index (χ4v) is 5.20. The van der Waals surface area contributed by atoms with E-state index in [0.717, 1.165) is 18.7 Å². The van der Waals surface area contributed by atoms with Gasteiger partial charge in [-0.3, -0.25) is 4.79 Å². The molecule has 2 heterocycles. The van der Waals surface area contributed by atoms with Gasteiger partial charge in [0, 0.05) is 38.4 Å². The van der Waals surface area contributed by atoms with Gasteiger partial charge in [0.2, 0.25) is 15.9 Å². The highest BCUT2D eigenvalue weighted by Crippen LogP contribution is 2.27. The third kappa shape index (κ3) is 3.57. The maximum atomic E-state index is 12.7. The quantitative estimate of drug-likeness (QED) is 0.802. The zero-order valence-corrected chi connectivity index (χ0v) is 15.9. The summed E-state index contributed by atoms with van der Waals surface area (Å²) >= 11 is 0. The van der Waals surface area contributed by atoms with Crippen molar-refractivity contribution in [2.75, 3.05) is 44.2 Å². The standard InChI is InChI=1S/C20H23N3O3S/c24-20(16-22-11-10-17-6-4-5-9-19(17)22)21-12-14-23(15-13-21)27(25,26)18-7-2-1-3-8-18/h1-9H,10-16H2. The van der Waals surface area contributed by atoms with Gasteiger partial charge in [0.15, 0.2) is 0 Å². The molecule has 7 heteroatoms. The van der Waals surface area contributed by atoms with Gasteiger partial charge >= 0.3 is 0 Å². The minimum absolute atomic E-state index is 0.0588. The number of sulfonamides is 1. The molecule has 0 radical (unpaired) electrons. The normalized spacial score (nSPS) is 17.8. The molecule has 0 saturated carbocycles. The molecule has 0 spiro atoms. The van der Waals surface area contributed by atoms with Crippen LogP contribution in [0.15, 0.2) is 59.5 Å². The Hall–Kier alpha value is -2.38. The first kappa shape index (κ1) is 18.0. The minimum atomic E-state index is -3.49. The molecule has 2 aromatic carbocycles. The first-order valence-corrected chi connectivity index (χ1v) is 10.7. The lowest BCUT2D eigenvalue weighted by atomic mass is 10.2. The van der Waals surface area contributed by atoms with Crippen LogP contribution >= 0.6 is 0 Å². The summed E-state index contributed by atoms with van der Waals surface area (Å²) in [4.78, 5) is 16.9. The monoisotopic (exact) mass is 385 g/mol. The van der Waals surface area contributed by atoms with Crippen molar-refractivity contribution in [3.05, 3.63) is 60.2 Å². The van der Waals surface area contributed by atoms with Crippen LogP contribution in [-0.2, 0) is 21.2 Å². The molecule has 1 fully saturated rings. The van der Waals surface area contributed by atoms with E-state index in [1.165, 1.54) is 9.87 Å². The second-order valence-corrected chi connectivity index (χ2v) is 8.84. The zero-order chi connectivity index (χ0) is 18.9. The van der Waals surface area contributed by atoms with Crippen molar-refractivity contribution in [3.63, 3.8) is 0 Å². The lowest BCUT2D eigenvalue weighted by Gasteiger charge is -2.35. The highest BCUT2D eigenvalue weighted by molar-refractivity contribution is 7.89. The van der Waals surface area contributed by atoms with Crippen LogP contribution < -0.4 is 4.90 Å². The molecule has 0 unspecified atom stereocenters. The second-order valence-electron chi connectivity index (χ2n) is 6.90. The topological polar surface area (TPSA) is 60.9 Å². The van der Waals surface area contributed by atoms with E-state index in [9.17, 15) is 13.2 Å². The lowest BCUT2D eigenvalue weighted by Crippen LogP contribution is -2.52. The zero-order valence-electron chi connectivity index (χ0n) is 15.1. The van der Waals surface area contributed by atoms with E-state index in [1.807, 2.05) is 12.1 Å². The van der Waals surface area contributed by atoms with Crippen molar-refractivity contribution in [3.8, 4) is 0 Å². The van der Waals surface area contributed by atoms with Crippen molar-refractivity contribution in [1.82, 2.24) is 9.21 Å². The number of anilines is 1. The van der Waals surface area contributed by atoms with Crippen LogP contribution in [0.1, 0.15) is 5.56 Å². The van der Waals surface area contributed by atoms with E-state index in [2.05, 4.69) is 17.0 Å². The van der Waals surface area contributed by atoms with Gasteiger partial charge in [0.1, 0.15) is 0 Å². The van der Waals surface area contributed by atoms with Crippen LogP contribution in [-0.4, -0.2) is 62.8 Å². The van der Waals surface area contributed by atoms with E-state index in [1.54, 1.807) is 35.2 Å². The second kappa shape index (κ2) is 7.32. The van der Waals surface area contributed by atoms with E-state index < -0.39 is 10.0 Å². The molecular formula is C20H23N3O3S. The largest absolute Gasteiger partial charge is 0.362 e. The smallest absolute Gasteiger partial charge is 0.243 e. The number of carbonyl (C=O) groups excluding carboxylic acids is 1. The number of nitrogens with zero attached hydrogens (tertiary/aromatic N) is 3. The first-order valence-electron chi connectivity index (χ1n) is 9.21. The highest BCUT2D eigenvalue weighted by atomic mass is 32.2. The molecule has 0 atom stereocenters. The minimum Gasteiger partial charge on any atom is -0.362 e. The maximum absolute atomic E-state index is 12.7. The number of fused-ring (bicyclic) bond motifs is 1. The van der Waals surface area contributed by atoms with Crippen LogP contribution in [0.4, 0.5) is 5.69 Å². The van der Waals surface area contributed by atoms with Crippen LogP contribution in [0.3, 0.4) is 0 Å². The SMILES string of the molecule is O=C(CN1CCc2ccccc21)N1CCN(S(=O)(=O)c2ccccc2)CC1. The molecule has 4 rings (SSSR count). The van der Waals surface area contributed by atoms with Gasteiger partial charge < -0.3 is 9.80 Å². The van der Waals surface area contributed by atoms with Crippen LogP contribution in [0, 0.1) is 0 Å². The Morgan fingerprint density at radius 2 is 1.52 bits per heavy atom. The number of hydrogen-bond donors (Lipinski definition) is 0. The molecule has 142 valence electrons. The van der Waals surface area contributed by atoms with Gasteiger partial charge in [-0.25, -0.2) is 8.42 Å². The van der Waals surface area contributed by atoms with Gasteiger partial charge in [-0.1, -0.05) is 36.4 Å². The number of para-hydroxylation sites is 1. The average molecular weight is 385 g/mol. The number of carbonyl (C=O) groups is 1. The molecule has 1 saturated heterocycles. The summed E-state index contributed by atoms with van der Waals surface area (Å²) < 4.78 is 26.9. The molecule has 2 aliphatic rings. The van der Waals surface area contributed by atoms with Gasteiger partial charge in [-0.2, -0.15) is 4.31 Å². The van der Waals surface area contributed by atoms with Gasteiger partial charge in [0.05, 0.1) is 11.4 Å². The molecule has 0 N–H and O–H groups in total. The Kier molecular flexibility index (Phi) is 4.88. The van der Waals surface area contributed by atoms with Crippen molar-refractivity contribution >= 4 is 21.6 Å². The predicted octanol–water partition coefficient (Wildman–Crippen LogP) is 1.58. The Bertz CT molecular complexity index is 922. The van der Waals surface area contributed by atoms with Crippen molar-refractivity contribution in [2.45, 2.75) is 11.3 Å². The summed E-state index contributed by atoms with van der Waals surface area (Å²) in [6.07, 6.45) is 0.965. The number of piperazine rings is 1. The number of rotatable bonds is 4. The molecule has 6 nitrogen and oxygen atoms in total. The van der Waals surface area contributed by atoms with Gasteiger partial charge in [-0.05, 0) is 30.2 Å². The maximum Gasteiger partial charge on any atom is 0.243 e. The van der Waals surface area contributed by atoms with Crippen molar-refractivity contribution in [1.29, 1.82) is 0 Å². The van der Waals surface area contributed by atoms with Crippen LogP contribution in [0.2, 0.25) is 0 Å². The number of benzene rings is 2. The van der Waals surface area contributed by atoms with E-state index in [0.29, 0.717) is 37.6 Å². The molecule has 27 heavy (non-hydrogen) atoms.